The maximum Gasteiger partial charge on any atom is 0.407 e. The van der Waals surface area contributed by atoms with Crippen LogP contribution in [0.4, 0.5) is 9.18 Å². The van der Waals surface area contributed by atoms with Crippen LogP contribution in [0.25, 0.3) is 28.0 Å². The topological polar surface area (TPSA) is 71.2 Å². The Hall–Kier alpha value is -3.48. The Labute approximate surface area is 155 Å². The lowest BCUT2D eigenvalue weighted by atomic mass is 9.99. The van der Waals surface area contributed by atoms with Crippen LogP contribution in [0.5, 0.6) is 0 Å². The summed E-state index contributed by atoms with van der Waals surface area (Å²) >= 11 is 0. The minimum Gasteiger partial charge on any atom is -0.465 e. The van der Waals surface area contributed by atoms with Gasteiger partial charge in [-0.15, -0.1) is 0 Å². The van der Waals surface area contributed by atoms with E-state index in [4.69, 9.17) is 0 Å². The third-order valence-electron chi connectivity index (χ3n) is 4.55. The fourth-order valence-electron chi connectivity index (χ4n) is 3.15. The molecule has 3 heterocycles. The van der Waals surface area contributed by atoms with Gasteiger partial charge in [0.1, 0.15) is 5.82 Å². The number of carbonyl (C=O) groups is 1. The zero-order valence-electron chi connectivity index (χ0n) is 14.6. The molecule has 2 aromatic heterocycles. The fourth-order valence-corrected chi connectivity index (χ4v) is 3.15. The molecule has 0 saturated heterocycles. The molecule has 0 aliphatic carbocycles. The summed E-state index contributed by atoms with van der Waals surface area (Å²) < 4.78 is 14.9. The first kappa shape index (κ1) is 17.0. The highest BCUT2D eigenvalue weighted by molar-refractivity contribution is 5.84. The van der Waals surface area contributed by atoms with E-state index in [-0.39, 0.29) is 12.4 Å². The first-order valence-electron chi connectivity index (χ1n) is 8.44. The van der Waals surface area contributed by atoms with Gasteiger partial charge < -0.3 is 10.0 Å². The summed E-state index contributed by atoms with van der Waals surface area (Å²) in [5, 5.41) is 13.7. The van der Waals surface area contributed by atoms with E-state index in [0.717, 1.165) is 28.0 Å². The molecular weight excluding hydrogens is 347 g/mol. The van der Waals surface area contributed by atoms with Gasteiger partial charge in [-0.3, -0.25) is 9.67 Å². The average molecular weight is 364 g/mol. The van der Waals surface area contributed by atoms with Crippen LogP contribution in [0.3, 0.4) is 0 Å². The minimum atomic E-state index is -0.955. The highest BCUT2D eigenvalue weighted by Crippen LogP contribution is 2.32. The smallest absolute Gasteiger partial charge is 0.407 e. The lowest BCUT2D eigenvalue weighted by molar-refractivity contribution is 0.158. The van der Waals surface area contributed by atoms with Crippen molar-refractivity contribution in [1.82, 2.24) is 19.7 Å². The highest BCUT2D eigenvalue weighted by Gasteiger charge is 2.23. The normalized spacial score (nSPS) is 13.7. The Bertz CT molecular complexity index is 1040. The van der Waals surface area contributed by atoms with Crippen molar-refractivity contribution in [2.45, 2.75) is 0 Å². The number of pyridine rings is 1. The molecular formula is C20H17FN4O2. The second kappa shape index (κ2) is 6.68. The second-order valence-corrected chi connectivity index (χ2v) is 6.39. The van der Waals surface area contributed by atoms with Crippen molar-refractivity contribution in [2.24, 2.45) is 7.05 Å². The van der Waals surface area contributed by atoms with Crippen LogP contribution in [0, 0.1) is 5.82 Å². The molecule has 0 bridgehead atoms. The summed E-state index contributed by atoms with van der Waals surface area (Å²) in [7, 11) is 1.83. The van der Waals surface area contributed by atoms with Gasteiger partial charge in [0.25, 0.3) is 0 Å². The highest BCUT2D eigenvalue weighted by atomic mass is 19.1. The molecule has 1 aliphatic heterocycles. The molecule has 0 atom stereocenters. The van der Waals surface area contributed by atoms with E-state index in [2.05, 4.69) is 10.1 Å². The van der Waals surface area contributed by atoms with Crippen LogP contribution in [0.2, 0.25) is 0 Å². The quantitative estimate of drug-likeness (QED) is 0.770. The maximum atomic E-state index is 13.2. The summed E-state index contributed by atoms with van der Waals surface area (Å²) in [5.41, 5.74) is 4.81. The largest absolute Gasteiger partial charge is 0.465 e. The van der Waals surface area contributed by atoms with Gasteiger partial charge in [-0.1, -0.05) is 18.2 Å². The van der Waals surface area contributed by atoms with E-state index < -0.39 is 6.09 Å². The van der Waals surface area contributed by atoms with E-state index in [9.17, 15) is 14.3 Å². The molecule has 1 N–H and O–H groups in total. The standard InChI is InChI=1S/C20H17FN4O2/c1-24-8-7-18(23-24)17-10-15(13-2-4-16(21)5-3-13)11-22-19(17)14-6-9-25(12-14)20(26)27/h2-8,10-11H,9,12H2,1H3,(H,26,27). The molecule has 1 amide bonds. The number of nitrogens with zero attached hydrogens (tertiary/aromatic N) is 4. The van der Waals surface area contributed by atoms with Gasteiger partial charge in [0.2, 0.25) is 0 Å². The molecule has 1 aromatic carbocycles. The molecule has 27 heavy (non-hydrogen) atoms. The van der Waals surface area contributed by atoms with Crippen LogP contribution in [-0.2, 0) is 7.05 Å². The van der Waals surface area contributed by atoms with Crippen molar-refractivity contribution in [3.05, 3.63) is 66.4 Å². The Morgan fingerprint density at radius 2 is 1.96 bits per heavy atom. The third-order valence-corrected chi connectivity index (χ3v) is 4.55. The summed E-state index contributed by atoms with van der Waals surface area (Å²) in [6, 6.07) is 10.1. The zero-order valence-corrected chi connectivity index (χ0v) is 14.6. The van der Waals surface area contributed by atoms with Crippen molar-refractivity contribution in [2.75, 3.05) is 13.1 Å². The first-order valence-corrected chi connectivity index (χ1v) is 8.44. The van der Waals surface area contributed by atoms with Gasteiger partial charge in [0.15, 0.2) is 0 Å². The number of aryl methyl sites for hydroxylation is 1. The molecule has 3 aromatic rings. The third kappa shape index (κ3) is 3.31. The van der Waals surface area contributed by atoms with Gasteiger partial charge in [0, 0.05) is 37.1 Å². The second-order valence-electron chi connectivity index (χ2n) is 6.39. The number of hydrogen-bond acceptors (Lipinski definition) is 3. The van der Waals surface area contributed by atoms with Gasteiger partial charge >= 0.3 is 6.09 Å². The fraction of sp³-hybridized carbons (Fsp3) is 0.150. The van der Waals surface area contributed by atoms with E-state index in [1.807, 2.05) is 31.5 Å². The number of rotatable bonds is 3. The number of amides is 1. The molecule has 136 valence electrons. The van der Waals surface area contributed by atoms with Gasteiger partial charge in [-0.05, 0) is 35.4 Å². The van der Waals surface area contributed by atoms with Gasteiger partial charge in [-0.2, -0.15) is 5.10 Å². The number of aromatic nitrogens is 3. The first-order chi connectivity index (χ1) is 13.0. The lowest BCUT2D eigenvalue weighted by Crippen LogP contribution is -2.26. The van der Waals surface area contributed by atoms with E-state index in [1.54, 1.807) is 23.0 Å². The Balaban J connectivity index is 1.79. The van der Waals surface area contributed by atoms with E-state index in [0.29, 0.717) is 12.2 Å². The molecule has 0 fully saturated rings. The number of carboxylic acid groups (broad SMARTS) is 1. The van der Waals surface area contributed by atoms with Crippen molar-refractivity contribution < 1.29 is 14.3 Å². The Morgan fingerprint density at radius 3 is 2.59 bits per heavy atom. The summed E-state index contributed by atoms with van der Waals surface area (Å²) in [5.74, 6) is -0.293. The van der Waals surface area contributed by atoms with Crippen molar-refractivity contribution in [3.8, 4) is 22.4 Å². The van der Waals surface area contributed by atoms with Crippen LogP contribution >= 0.6 is 0 Å². The molecule has 4 rings (SSSR count). The molecule has 1 aliphatic rings. The zero-order chi connectivity index (χ0) is 19.0. The summed E-state index contributed by atoms with van der Waals surface area (Å²) in [4.78, 5) is 17.2. The molecule has 0 saturated carbocycles. The van der Waals surface area contributed by atoms with Gasteiger partial charge in [0.05, 0.1) is 17.9 Å². The molecule has 0 unspecified atom stereocenters. The Kier molecular flexibility index (Phi) is 4.19. The van der Waals surface area contributed by atoms with Crippen molar-refractivity contribution >= 4 is 11.7 Å². The van der Waals surface area contributed by atoms with Crippen LogP contribution in [-0.4, -0.2) is 44.0 Å². The predicted octanol–water partition coefficient (Wildman–Crippen LogP) is 3.67. The van der Waals surface area contributed by atoms with E-state index in [1.165, 1.54) is 17.0 Å². The van der Waals surface area contributed by atoms with Crippen LogP contribution < -0.4 is 0 Å². The minimum absolute atomic E-state index is 0.290. The monoisotopic (exact) mass is 364 g/mol. The number of halogens is 1. The summed E-state index contributed by atoms with van der Waals surface area (Å²) in [6.07, 6.45) is 4.49. The van der Waals surface area contributed by atoms with Gasteiger partial charge in [-0.25, -0.2) is 9.18 Å². The number of benzene rings is 1. The molecule has 0 radical (unpaired) electrons. The maximum absolute atomic E-state index is 13.2. The van der Waals surface area contributed by atoms with Crippen LogP contribution in [0.15, 0.2) is 54.9 Å². The Morgan fingerprint density at radius 1 is 1.19 bits per heavy atom. The molecule has 0 spiro atoms. The molecule has 7 heteroatoms. The van der Waals surface area contributed by atoms with Crippen molar-refractivity contribution in [1.29, 1.82) is 0 Å². The van der Waals surface area contributed by atoms with Crippen LogP contribution in [0.1, 0.15) is 5.69 Å². The average Bonchev–Trinajstić information content (AvgIpc) is 3.31. The van der Waals surface area contributed by atoms with Crippen molar-refractivity contribution in [3.63, 3.8) is 0 Å². The number of hydrogen-bond donors (Lipinski definition) is 1. The molecule has 6 nitrogen and oxygen atoms in total. The van der Waals surface area contributed by atoms with E-state index >= 15 is 0 Å². The SMILES string of the molecule is Cn1ccc(-c2cc(-c3ccc(F)cc3)cnc2C2=CCN(C(=O)O)C2)n1. The lowest BCUT2D eigenvalue weighted by Gasteiger charge is -2.14. The summed E-state index contributed by atoms with van der Waals surface area (Å²) in [6.45, 7) is 0.631. The predicted molar refractivity (Wildman–Crippen MR) is 99.4 cm³/mol.